The van der Waals surface area contributed by atoms with Crippen LogP contribution in [0, 0.1) is 0 Å². The summed E-state index contributed by atoms with van der Waals surface area (Å²) in [5.41, 5.74) is 0. The molecule has 0 N–H and O–H groups in total. The molecular formula is C16H26O11. The van der Waals surface area contributed by atoms with Crippen molar-refractivity contribution in [1.82, 2.24) is 0 Å². The van der Waals surface area contributed by atoms with Crippen molar-refractivity contribution in [2.75, 3.05) is 39.6 Å². The summed E-state index contributed by atoms with van der Waals surface area (Å²) in [5, 5.41) is 0. The van der Waals surface area contributed by atoms with E-state index in [-0.39, 0.29) is 39.6 Å². The molecule has 27 heavy (non-hydrogen) atoms. The molecular weight excluding hydrogens is 368 g/mol. The summed E-state index contributed by atoms with van der Waals surface area (Å²) in [6.07, 6.45) is -4.22. The van der Waals surface area contributed by atoms with Gasteiger partial charge in [-0.1, -0.05) is 0 Å². The predicted molar refractivity (Wildman–Crippen MR) is 87.9 cm³/mol. The Kier molecular flexibility index (Phi) is 13.2. The van der Waals surface area contributed by atoms with Crippen LogP contribution in [0.5, 0.6) is 0 Å². The van der Waals surface area contributed by atoms with Crippen molar-refractivity contribution in [2.45, 2.75) is 39.9 Å². The van der Waals surface area contributed by atoms with E-state index in [4.69, 9.17) is 14.2 Å². The maximum absolute atomic E-state index is 11.3. The third-order valence-corrected chi connectivity index (χ3v) is 2.68. The number of carbonyl (C=O) groups is 4. The lowest BCUT2D eigenvalue weighted by molar-refractivity contribution is -0.154. The van der Waals surface area contributed by atoms with Gasteiger partial charge in [-0.25, -0.2) is 19.2 Å². The van der Waals surface area contributed by atoms with E-state index in [0.717, 1.165) is 0 Å². The van der Waals surface area contributed by atoms with Gasteiger partial charge in [-0.2, -0.15) is 0 Å². The highest BCUT2D eigenvalue weighted by Gasteiger charge is 2.20. The first kappa shape index (κ1) is 24.4. The molecule has 2 unspecified atom stereocenters. The minimum atomic E-state index is -1.07. The molecule has 0 aromatic heterocycles. The lowest BCUT2D eigenvalue weighted by atomic mass is 10.4. The first-order valence-electron chi connectivity index (χ1n) is 8.39. The number of hydrogen-bond acceptors (Lipinski definition) is 11. The second-order valence-electron chi connectivity index (χ2n) is 4.83. The first-order valence-corrected chi connectivity index (χ1v) is 8.39. The molecule has 0 aromatic rings. The summed E-state index contributed by atoms with van der Waals surface area (Å²) in [4.78, 5) is 45.1. The van der Waals surface area contributed by atoms with Gasteiger partial charge in [0, 0.05) is 0 Å². The van der Waals surface area contributed by atoms with Crippen LogP contribution in [0.3, 0.4) is 0 Å². The summed E-state index contributed by atoms with van der Waals surface area (Å²) in [5.74, 6) is -1.35. The minimum absolute atomic E-state index is 0.0144. The second kappa shape index (κ2) is 14.6. The van der Waals surface area contributed by atoms with Crippen molar-refractivity contribution >= 4 is 24.2 Å². The molecule has 0 spiro atoms. The molecule has 11 heteroatoms. The second-order valence-corrected chi connectivity index (χ2v) is 4.83. The molecule has 0 heterocycles. The lowest BCUT2D eigenvalue weighted by Crippen LogP contribution is -2.27. The Morgan fingerprint density at radius 2 is 1.00 bits per heavy atom. The zero-order valence-electron chi connectivity index (χ0n) is 15.9. The highest BCUT2D eigenvalue weighted by Crippen LogP contribution is 1.99. The molecule has 0 fully saturated rings. The molecule has 0 radical (unpaired) electrons. The number of hydrogen-bond donors (Lipinski definition) is 0. The first-order chi connectivity index (χ1) is 12.8. The van der Waals surface area contributed by atoms with Crippen LogP contribution in [-0.2, 0) is 42.7 Å². The molecule has 0 saturated heterocycles. The maximum atomic E-state index is 11.3. The van der Waals surface area contributed by atoms with E-state index < -0.39 is 36.5 Å². The fraction of sp³-hybridized carbons (Fsp3) is 0.750. The van der Waals surface area contributed by atoms with E-state index in [1.54, 1.807) is 13.8 Å². The molecule has 0 aliphatic heterocycles. The largest absolute Gasteiger partial charge is 0.509 e. The van der Waals surface area contributed by atoms with E-state index in [9.17, 15) is 19.2 Å². The Balaban J connectivity index is 3.69. The summed E-state index contributed by atoms with van der Waals surface area (Å²) >= 11 is 0. The fourth-order valence-electron chi connectivity index (χ4n) is 1.44. The summed E-state index contributed by atoms with van der Waals surface area (Å²) in [6.45, 7) is 6.09. The normalized spacial score (nSPS) is 12.3. The lowest BCUT2D eigenvalue weighted by Gasteiger charge is -2.12. The Bertz CT molecular complexity index is 435. The van der Waals surface area contributed by atoms with Crippen molar-refractivity contribution in [3.05, 3.63) is 0 Å². The molecule has 11 nitrogen and oxygen atoms in total. The van der Waals surface area contributed by atoms with Gasteiger partial charge in [-0.05, 0) is 27.7 Å². The van der Waals surface area contributed by atoms with Gasteiger partial charge < -0.3 is 33.2 Å². The van der Waals surface area contributed by atoms with Crippen LogP contribution in [0.4, 0.5) is 9.59 Å². The summed E-state index contributed by atoms with van der Waals surface area (Å²) in [6, 6.07) is 0. The van der Waals surface area contributed by atoms with Crippen LogP contribution in [0.1, 0.15) is 27.7 Å². The standard InChI is InChI=1S/C16H26O11/c1-5-22-13(17)11(3)26-15(19)24-9-7-21-8-10-25-16(20)27-12(4)14(18)23-6-2/h11-12H,5-10H2,1-4H3. The molecule has 0 rings (SSSR count). The Hall–Kier alpha value is -2.56. The quantitative estimate of drug-likeness (QED) is 0.269. The van der Waals surface area contributed by atoms with Crippen molar-refractivity contribution in [2.24, 2.45) is 0 Å². The number of rotatable bonds is 12. The van der Waals surface area contributed by atoms with E-state index in [1.807, 2.05) is 0 Å². The highest BCUT2D eigenvalue weighted by molar-refractivity contribution is 5.77. The summed E-state index contributed by atoms with van der Waals surface area (Å²) in [7, 11) is 0. The Labute approximate surface area is 157 Å². The summed E-state index contributed by atoms with van der Waals surface area (Å²) < 4.78 is 33.2. The van der Waals surface area contributed by atoms with Gasteiger partial charge in [0.25, 0.3) is 0 Å². The average molecular weight is 394 g/mol. The molecule has 0 aliphatic carbocycles. The van der Waals surface area contributed by atoms with Gasteiger partial charge in [0.1, 0.15) is 13.2 Å². The van der Waals surface area contributed by atoms with Gasteiger partial charge in [0.05, 0.1) is 26.4 Å². The van der Waals surface area contributed by atoms with E-state index in [2.05, 4.69) is 18.9 Å². The van der Waals surface area contributed by atoms with Crippen LogP contribution in [-0.4, -0.2) is 76.1 Å². The molecule has 156 valence electrons. The monoisotopic (exact) mass is 394 g/mol. The molecule has 2 atom stereocenters. The van der Waals surface area contributed by atoms with Crippen molar-refractivity contribution < 1.29 is 52.3 Å². The molecule has 0 aliphatic rings. The number of esters is 2. The fourth-order valence-corrected chi connectivity index (χ4v) is 1.44. The zero-order valence-corrected chi connectivity index (χ0v) is 15.9. The molecule has 0 bridgehead atoms. The SMILES string of the molecule is CCOC(=O)C(C)OC(=O)OCCOCCOC(=O)OC(C)C(=O)OCC. The van der Waals surface area contributed by atoms with Gasteiger partial charge in [-0.15, -0.1) is 0 Å². The third-order valence-electron chi connectivity index (χ3n) is 2.68. The Morgan fingerprint density at radius 3 is 1.33 bits per heavy atom. The van der Waals surface area contributed by atoms with Crippen LogP contribution in [0.15, 0.2) is 0 Å². The minimum Gasteiger partial charge on any atom is -0.463 e. The van der Waals surface area contributed by atoms with E-state index in [1.165, 1.54) is 13.8 Å². The van der Waals surface area contributed by atoms with Crippen molar-refractivity contribution in [3.63, 3.8) is 0 Å². The molecule has 0 aromatic carbocycles. The van der Waals surface area contributed by atoms with Crippen LogP contribution in [0.2, 0.25) is 0 Å². The van der Waals surface area contributed by atoms with Crippen molar-refractivity contribution in [3.8, 4) is 0 Å². The van der Waals surface area contributed by atoms with Crippen LogP contribution in [0.25, 0.3) is 0 Å². The van der Waals surface area contributed by atoms with E-state index in [0.29, 0.717) is 0 Å². The highest BCUT2D eigenvalue weighted by atomic mass is 16.7. The van der Waals surface area contributed by atoms with Gasteiger partial charge in [0.2, 0.25) is 0 Å². The van der Waals surface area contributed by atoms with E-state index >= 15 is 0 Å². The van der Waals surface area contributed by atoms with Crippen molar-refractivity contribution in [1.29, 1.82) is 0 Å². The smallest absolute Gasteiger partial charge is 0.463 e. The van der Waals surface area contributed by atoms with Crippen LogP contribution >= 0.6 is 0 Å². The van der Waals surface area contributed by atoms with Gasteiger partial charge in [-0.3, -0.25) is 0 Å². The zero-order chi connectivity index (χ0) is 20.7. The maximum Gasteiger partial charge on any atom is 0.509 e. The Morgan fingerprint density at radius 1 is 0.630 bits per heavy atom. The molecule has 0 saturated carbocycles. The molecule has 0 amide bonds. The number of carbonyl (C=O) groups excluding carboxylic acids is 4. The van der Waals surface area contributed by atoms with Gasteiger partial charge >= 0.3 is 24.2 Å². The van der Waals surface area contributed by atoms with Crippen LogP contribution < -0.4 is 0 Å². The predicted octanol–water partition coefficient (Wildman–Crippen LogP) is 1.21. The third kappa shape index (κ3) is 12.4. The topological polar surface area (TPSA) is 133 Å². The number of ether oxygens (including phenoxy) is 7. The van der Waals surface area contributed by atoms with Gasteiger partial charge in [0.15, 0.2) is 12.2 Å². The average Bonchev–Trinajstić information content (AvgIpc) is 2.61.